The average molecular weight is 273 g/mol. The molecule has 1 amide bonds. The van der Waals surface area contributed by atoms with Crippen LogP contribution in [-0.2, 0) is 14.8 Å². The zero-order valence-corrected chi connectivity index (χ0v) is 10.2. The van der Waals surface area contributed by atoms with Crippen molar-refractivity contribution in [2.24, 2.45) is 5.14 Å². The second-order valence-corrected chi connectivity index (χ2v) is 5.08. The Labute approximate surface area is 104 Å². The van der Waals surface area contributed by atoms with Crippen LogP contribution >= 0.6 is 11.6 Å². The van der Waals surface area contributed by atoms with Gasteiger partial charge in [-0.15, -0.1) is 6.42 Å². The predicted molar refractivity (Wildman–Crippen MR) is 64.9 cm³/mol. The molecule has 1 aromatic rings. The summed E-state index contributed by atoms with van der Waals surface area (Å²) in [5.74, 6) is 1.70. The molecule has 0 atom stereocenters. The number of nitrogens with two attached hydrogens (primary N) is 1. The highest BCUT2D eigenvalue weighted by molar-refractivity contribution is 7.89. The van der Waals surface area contributed by atoms with Crippen LogP contribution in [0, 0.1) is 12.3 Å². The highest BCUT2D eigenvalue weighted by Gasteiger charge is 2.12. The van der Waals surface area contributed by atoms with Crippen LogP contribution in [0.3, 0.4) is 0 Å². The third kappa shape index (κ3) is 3.75. The number of sulfonamides is 1. The van der Waals surface area contributed by atoms with Crippen LogP contribution in [0.4, 0.5) is 5.69 Å². The van der Waals surface area contributed by atoms with E-state index in [9.17, 15) is 13.2 Å². The molecule has 0 aliphatic heterocycles. The predicted octanol–water partition coefficient (Wildman–Crippen LogP) is 0.949. The lowest BCUT2D eigenvalue weighted by atomic mass is 10.3. The largest absolute Gasteiger partial charge is 0.324 e. The molecular formula is C10H9ClN2O3S. The summed E-state index contributed by atoms with van der Waals surface area (Å²) in [6, 6.07) is 3.74. The molecule has 1 rings (SSSR count). The molecule has 0 aromatic heterocycles. The first-order valence-corrected chi connectivity index (χ1v) is 6.32. The second kappa shape index (κ2) is 5.19. The molecule has 5 nitrogen and oxygen atoms in total. The Morgan fingerprint density at radius 1 is 1.53 bits per heavy atom. The molecule has 7 heteroatoms. The van der Waals surface area contributed by atoms with E-state index in [1.54, 1.807) is 0 Å². The van der Waals surface area contributed by atoms with Gasteiger partial charge in [-0.25, -0.2) is 13.6 Å². The molecule has 0 aliphatic carbocycles. The highest BCUT2D eigenvalue weighted by atomic mass is 35.5. The number of primary sulfonamides is 1. The third-order valence-electron chi connectivity index (χ3n) is 1.80. The molecular weight excluding hydrogens is 264 g/mol. The molecule has 0 saturated heterocycles. The Bertz CT molecular complexity index is 590. The fourth-order valence-corrected chi connectivity index (χ4v) is 1.77. The lowest BCUT2D eigenvalue weighted by Crippen LogP contribution is -2.14. The monoisotopic (exact) mass is 272 g/mol. The summed E-state index contributed by atoms with van der Waals surface area (Å²) in [7, 11) is -3.84. The quantitative estimate of drug-likeness (QED) is 0.803. The van der Waals surface area contributed by atoms with Crippen LogP contribution in [0.1, 0.15) is 6.42 Å². The van der Waals surface area contributed by atoms with Crippen molar-refractivity contribution in [3.8, 4) is 12.3 Å². The van der Waals surface area contributed by atoms with Crippen molar-refractivity contribution >= 4 is 33.2 Å². The van der Waals surface area contributed by atoms with Gasteiger partial charge in [0.1, 0.15) is 0 Å². The molecule has 0 fully saturated rings. The number of anilines is 1. The molecule has 0 bridgehead atoms. The van der Waals surface area contributed by atoms with Crippen LogP contribution < -0.4 is 10.5 Å². The summed E-state index contributed by atoms with van der Waals surface area (Å²) in [4.78, 5) is 11.1. The lowest BCUT2D eigenvalue weighted by molar-refractivity contribution is -0.115. The van der Waals surface area contributed by atoms with Gasteiger partial charge in [-0.2, -0.15) is 0 Å². The van der Waals surface area contributed by atoms with E-state index < -0.39 is 15.9 Å². The fourth-order valence-electron chi connectivity index (χ4n) is 1.06. The molecule has 0 aliphatic rings. The summed E-state index contributed by atoms with van der Waals surface area (Å²) < 4.78 is 22.2. The van der Waals surface area contributed by atoms with Crippen molar-refractivity contribution in [3.05, 3.63) is 23.2 Å². The molecule has 17 heavy (non-hydrogen) atoms. The van der Waals surface area contributed by atoms with Crippen molar-refractivity contribution < 1.29 is 13.2 Å². The van der Waals surface area contributed by atoms with Crippen molar-refractivity contribution in [1.29, 1.82) is 0 Å². The van der Waals surface area contributed by atoms with Gasteiger partial charge in [0.05, 0.1) is 22.0 Å². The topological polar surface area (TPSA) is 89.3 Å². The number of hydrogen-bond donors (Lipinski definition) is 2. The Kier molecular flexibility index (Phi) is 4.12. The number of amides is 1. The standard InChI is InChI=1S/C10H9ClN2O3S/c1-2-3-10(14)13-9-6-7(17(12,15)16)4-5-8(9)11/h1,4-6H,3H2,(H,13,14)(H2,12,15,16). The van der Waals surface area contributed by atoms with Crippen LogP contribution in [0.25, 0.3) is 0 Å². The first kappa shape index (κ1) is 13.5. The highest BCUT2D eigenvalue weighted by Crippen LogP contribution is 2.24. The molecule has 0 saturated carbocycles. The summed E-state index contributed by atoms with van der Waals surface area (Å²) in [6.45, 7) is 0. The van der Waals surface area contributed by atoms with Crippen molar-refractivity contribution in [3.63, 3.8) is 0 Å². The Hall–Kier alpha value is -1.55. The number of halogens is 1. The maximum atomic E-state index is 11.2. The van der Waals surface area contributed by atoms with Crippen molar-refractivity contribution in [2.75, 3.05) is 5.32 Å². The summed E-state index contributed by atoms with van der Waals surface area (Å²) in [5.41, 5.74) is 0.151. The van der Waals surface area contributed by atoms with E-state index in [0.29, 0.717) is 0 Å². The van der Waals surface area contributed by atoms with E-state index in [0.717, 1.165) is 0 Å². The minimum Gasteiger partial charge on any atom is -0.324 e. The van der Waals surface area contributed by atoms with Gasteiger partial charge >= 0.3 is 0 Å². The van der Waals surface area contributed by atoms with Crippen LogP contribution in [0.15, 0.2) is 23.1 Å². The minimum atomic E-state index is -3.84. The molecule has 0 radical (unpaired) electrons. The Balaban J connectivity index is 3.08. The number of carbonyl (C=O) groups excluding carboxylic acids is 1. The number of benzene rings is 1. The zero-order chi connectivity index (χ0) is 13.1. The normalized spacial score (nSPS) is 10.6. The molecule has 3 N–H and O–H groups in total. The van der Waals surface area contributed by atoms with Crippen LogP contribution in [-0.4, -0.2) is 14.3 Å². The number of carbonyl (C=O) groups is 1. The van der Waals surface area contributed by atoms with E-state index in [2.05, 4.69) is 11.2 Å². The molecule has 1 aromatic carbocycles. The van der Waals surface area contributed by atoms with Gasteiger partial charge in [-0.3, -0.25) is 4.79 Å². The van der Waals surface area contributed by atoms with Gasteiger partial charge in [0.25, 0.3) is 0 Å². The maximum Gasteiger partial charge on any atom is 0.238 e. The summed E-state index contributed by atoms with van der Waals surface area (Å²) >= 11 is 5.79. The number of terminal acetylenes is 1. The van der Waals surface area contributed by atoms with E-state index >= 15 is 0 Å². The maximum absolute atomic E-state index is 11.2. The first-order chi connectivity index (χ1) is 7.84. The molecule has 0 unspecified atom stereocenters. The molecule has 0 spiro atoms. The summed E-state index contributed by atoms with van der Waals surface area (Å²) in [5, 5.41) is 7.54. The van der Waals surface area contributed by atoms with Crippen LogP contribution in [0.2, 0.25) is 5.02 Å². The van der Waals surface area contributed by atoms with Crippen molar-refractivity contribution in [2.45, 2.75) is 11.3 Å². The second-order valence-electron chi connectivity index (χ2n) is 3.12. The van der Waals surface area contributed by atoms with E-state index in [1.807, 2.05) is 0 Å². The Morgan fingerprint density at radius 3 is 2.71 bits per heavy atom. The third-order valence-corrected chi connectivity index (χ3v) is 3.04. The van der Waals surface area contributed by atoms with Gasteiger partial charge < -0.3 is 5.32 Å². The van der Waals surface area contributed by atoms with Crippen molar-refractivity contribution in [1.82, 2.24) is 0 Å². The fraction of sp³-hybridized carbons (Fsp3) is 0.100. The number of nitrogens with one attached hydrogen (secondary N) is 1. The first-order valence-electron chi connectivity index (χ1n) is 4.40. The summed E-state index contributed by atoms with van der Waals surface area (Å²) in [6.07, 6.45) is 4.83. The average Bonchev–Trinajstić information content (AvgIpc) is 2.20. The van der Waals surface area contributed by atoms with Gasteiger partial charge in [-0.05, 0) is 18.2 Å². The van der Waals surface area contributed by atoms with Crippen LogP contribution in [0.5, 0.6) is 0 Å². The minimum absolute atomic E-state index is 0.129. The molecule has 0 heterocycles. The number of hydrogen-bond acceptors (Lipinski definition) is 3. The zero-order valence-electron chi connectivity index (χ0n) is 8.60. The van der Waals surface area contributed by atoms with Gasteiger partial charge in [0.15, 0.2) is 0 Å². The van der Waals surface area contributed by atoms with E-state index in [-0.39, 0.29) is 22.0 Å². The van der Waals surface area contributed by atoms with E-state index in [1.165, 1.54) is 18.2 Å². The number of rotatable bonds is 3. The van der Waals surface area contributed by atoms with Gasteiger partial charge in [0.2, 0.25) is 15.9 Å². The van der Waals surface area contributed by atoms with Gasteiger partial charge in [-0.1, -0.05) is 17.5 Å². The molecule has 90 valence electrons. The van der Waals surface area contributed by atoms with E-state index in [4.69, 9.17) is 23.2 Å². The lowest BCUT2D eigenvalue weighted by Gasteiger charge is -2.07. The Morgan fingerprint density at radius 2 is 2.18 bits per heavy atom. The SMILES string of the molecule is C#CCC(=O)Nc1cc(S(N)(=O)=O)ccc1Cl. The van der Waals surface area contributed by atoms with Gasteiger partial charge in [0, 0.05) is 0 Å². The smallest absolute Gasteiger partial charge is 0.238 e.